The van der Waals surface area contributed by atoms with E-state index >= 15 is 0 Å². The van der Waals surface area contributed by atoms with Crippen molar-refractivity contribution in [3.63, 3.8) is 0 Å². The van der Waals surface area contributed by atoms with E-state index in [1.54, 1.807) is 20.8 Å². The first-order valence-electron chi connectivity index (χ1n) is 13.3. The van der Waals surface area contributed by atoms with Gasteiger partial charge >= 0.3 is 12.1 Å². The van der Waals surface area contributed by atoms with Crippen LogP contribution in [0.5, 0.6) is 0 Å². The van der Waals surface area contributed by atoms with E-state index in [2.05, 4.69) is 46.7 Å². The topological polar surface area (TPSA) is 147 Å². The fourth-order valence-electron chi connectivity index (χ4n) is 3.88. The molecule has 0 fully saturated rings. The number of nitrogens with zero attached hydrogens (tertiary/aromatic N) is 4. The molecular formula is C30H35BrN4O7S. The van der Waals surface area contributed by atoms with Crippen LogP contribution in [0.25, 0.3) is 0 Å². The van der Waals surface area contributed by atoms with Crippen LogP contribution in [0, 0.1) is 0 Å². The zero-order valence-corrected chi connectivity index (χ0v) is 27.3. The number of hydrogen-bond donors (Lipinski definition) is 1. The van der Waals surface area contributed by atoms with Crippen LogP contribution >= 0.6 is 15.9 Å². The first-order chi connectivity index (χ1) is 19.9. The lowest BCUT2D eigenvalue weighted by Crippen LogP contribution is -2.44. The van der Waals surface area contributed by atoms with Crippen LogP contribution in [-0.4, -0.2) is 62.8 Å². The Morgan fingerprint density at radius 2 is 1.60 bits per heavy atom. The molecule has 0 atom stereocenters. The summed E-state index contributed by atoms with van der Waals surface area (Å²) in [6, 6.07) is 13.4. The highest BCUT2D eigenvalue weighted by Gasteiger charge is 2.32. The fourth-order valence-corrected chi connectivity index (χ4v) is 5.58. The Balaban J connectivity index is 2.02. The number of ether oxygens (including phenoxy) is 1. The minimum atomic E-state index is -4.09. The number of carbonyl (C=O) groups excluding carboxylic acids is 2. The first-order valence-corrected chi connectivity index (χ1v) is 15.5. The largest absolute Gasteiger partial charge is 0.480 e. The van der Waals surface area contributed by atoms with Crippen LogP contribution in [-0.2, 0) is 38.1 Å². The molecule has 43 heavy (non-hydrogen) atoms. The zero-order chi connectivity index (χ0) is 32.2. The van der Waals surface area contributed by atoms with Crippen LogP contribution in [0.1, 0.15) is 68.9 Å². The van der Waals surface area contributed by atoms with Gasteiger partial charge in [0.05, 0.1) is 12.2 Å². The third kappa shape index (κ3) is 9.15. The number of amides is 2. The molecule has 3 rings (SSSR count). The predicted molar refractivity (Wildman–Crippen MR) is 163 cm³/mol. The number of carboxylic acids is 1. The van der Waals surface area contributed by atoms with E-state index in [1.165, 1.54) is 41.0 Å². The summed E-state index contributed by atoms with van der Waals surface area (Å²) in [5, 5.41) is 9.34. The molecule has 0 radical (unpaired) electrons. The molecule has 13 heteroatoms. The quantitative estimate of drug-likeness (QED) is 0.315. The molecule has 0 aliphatic carbocycles. The Morgan fingerprint density at radius 3 is 2.14 bits per heavy atom. The molecule has 11 nitrogen and oxygen atoms in total. The highest BCUT2D eigenvalue weighted by atomic mass is 79.9. The summed E-state index contributed by atoms with van der Waals surface area (Å²) in [7, 11) is -4.09. The first kappa shape index (κ1) is 33.8. The SMILES string of the molecule is CC(C)(C)OC(=O)N(CC(=O)O)C(=O)c1ccc(Br)c(CN(Cc2ccc(C(C)(C)C)cc2)S(=O)(=O)c2cccnc2)n1. The van der Waals surface area contributed by atoms with Crippen molar-refractivity contribution in [2.24, 2.45) is 0 Å². The lowest BCUT2D eigenvalue weighted by atomic mass is 9.87. The Hall–Kier alpha value is -3.68. The second kappa shape index (κ2) is 13.3. The molecule has 1 N–H and O–H groups in total. The van der Waals surface area contributed by atoms with Crippen molar-refractivity contribution < 1.29 is 32.6 Å². The lowest BCUT2D eigenvalue weighted by Gasteiger charge is -2.25. The second-order valence-corrected chi connectivity index (χ2v) is 14.6. The summed E-state index contributed by atoms with van der Waals surface area (Å²) in [5.74, 6) is -2.44. The molecule has 2 aromatic heterocycles. The smallest absolute Gasteiger partial charge is 0.417 e. The molecular weight excluding hydrogens is 640 g/mol. The number of sulfonamides is 1. The number of halogens is 1. The number of carboxylic acid groups (broad SMARTS) is 1. The van der Waals surface area contributed by atoms with Gasteiger partial charge in [0, 0.05) is 23.4 Å². The van der Waals surface area contributed by atoms with Gasteiger partial charge in [-0.1, -0.05) is 45.0 Å². The van der Waals surface area contributed by atoms with E-state index in [9.17, 15) is 27.9 Å². The van der Waals surface area contributed by atoms with Gasteiger partial charge in [0.25, 0.3) is 5.91 Å². The number of imide groups is 1. The molecule has 230 valence electrons. The number of carbonyl (C=O) groups is 3. The van der Waals surface area contributed by atoms with E-state index < -0.39 is 40.1 Å². The maximum Gasteiger partial charge on any atom is 0.417 e. The summed E-state index contributed by atoms with van der Waals surface area (Å²) < 4.78 is 34.4. The predicted octanol–water partition coefficient (Wildman–Crippen LogP) is 5.39. The fraction of sp³-hybridized carbons (Fsp3) is 0.367. The van der Waals surface area contributed by atoms with E-state index in [1.807, 2.05) is 24.3 Å². The zero-order valence-electron chi connectivity index (χ0n) is 24.9. The van der Waals surface area contributed by atoms with Gasteiger partial charge < -0.3 is 9.84 Å². The number of aliphatic carboxylic acids is 1. The highest BCUT2D eigenvalue weighted by molar-refractivity contribution is 9.10. The molecule has 0 saturated heterocycles. The van der Waals surface area contributed by atoms with E-state index in [-0.39, 0.29) is 34.8 Å². The van der Waals surface area contributed by atoms with Crippen LogP contribution in [0.15, 0.2) is 70.3 Å². The second-order valence-electron chi connectivity index (χ2n) is 11.8. The normalized spacial score (nSPS) is 12.2. The standard InChI is InChI=1S/C30H35BrN4O7S/c1-29(2,3)21-11-9-20(10-12-21)17-34(43(40,41)22-8-7-15-32-16-22)18-25-23(31)13-14-24(33-25)27(38)35(19-26(36)37)28(39)42-30(4,5)6/h7-16H,17-19H2,1-6H3,(H,36,37). The molecule has 0 aliphatic heterocycles. The van der Waals surface area contributed by atoms with E-state index in [0.717, 1.165) is 11.1 Å². The average Bonchev–Trinajstić information content (AvgIpc) is 2.91. The van der Waals surface area contributed by atoms with Crippen molar-refractivity contribution in [1.29, 1.82) is 0 Å². The third-order valence-corrected chi connectivity index (χ3v) is 8.56. The average molecular weight is 676 g/mol. The van der Waals surface area contributed by atoms with Gasteiger partial charge in [0.2, 0.25) is 10.0 Å². The van der Waals surface area contributed by atoms with Crippen molar-refractivity contribution >= 4 is 43.9 Å². The van der Waals surface area contributed by atoms with Crippen molar-refractivity contribution in [3.8, 4) is 0 Å². The number of benzene rings is 1. The molecule has 2 heterocycles. The van der Waals surface area contributed by atoms with E-state index in [4.69, 9.17) is 4.74 Å². The summed E-state index contributed by atoms with van der Waals surface area (Å²) in [6.45, 7) is 9.77. The summed E-state index contributed by atoms with van der Waals surface area (Å²) in [4.78, 5) is 46.2. The molecule has 0 unspecified atom stereocenters. The molecule has 0 bridgehead atoms. The van der Waals surface area contributed by atoms with Crippen LogP contribution in [0.3, 0.4) is 0 Å². The van der Waals surface area contributed by atoms with E-state index in [0.29, 0.717) is 9.37 Å². The van der Waals surface area contributed by atoms with Gasteiger partial charge in [-0.25, -0.2) is 23.1 Å². The van der Waals surface area contributed by atoms with Crippen LogP contribution in [0.2, 0.25) is 0 Å². The Kier molecular flexibility index (Phi) is 10.5. The lowest BCUT2D eigenvalue weighted by molar-refractivity contribution is -0.137. The number of rotatable bonds is 9. The molecule has 0 spiro atoms. The summed E-state index contributed by atoms with van der Waals surface area (Å²) in [5.41, 5.74) is 0.641. The van der Waals surface area contributed by atoms with Crippen LogP contribution < -0.4 is 0 Å². The van der Waals surface area contributed by atoms with Gasteiger partial charge in [-0.3, -0.25) is 14.6 Å². The molecule has 0 aliphatic rings. The van der Waals surface area contributed by atoms with Gasteiger partial charge in [-0.2, -0.15) is 4.31 Å². The van der Waals surface area contributed by atoms with Gasteiger partial charge in [-0.05, 0) is 77.5 Å². The molecule has 0 saturated carbocycles. The molecule has 3 aromatic rings. The van der Waals surface area contributed by atoms with Gasteiger partial charge in [0.15, 0.2) is 0 Å². The summed E-state index contributed by atoms with van der Waals surface area (Å²) >= 11 is 3.39. The molecule has 2 amide bonds. The number of pyridine rings is 2. The number of aromatic nitrogens is 2. The van der Waals surface area contributed by atoms with Gasteiger partial charge in [0.1, 0.15) is 22.7 Å². The highest BCUT2D eigenvalue weighted by Crippen LogP contribution is 2.26. The maximum absolute atomic E-state index is 13.8. The van der Waals surface area contributed by atoms with Crippen molar-refractivity contribution in [1.82, 2.24) is 19.2 Å². The third-order valence-electron chi connectivity index (χ3n) is 6.07. The Morgan fingerprint density at radius 1 is 0.953 bits per heavy atom. The minimum absolute atomic E-state index is 0.0169. The van der Waals surface area contributed by atoms with Gasteiger partial charge in [-0.15, -0.1) is 0 Å². The minimum Gasteiger partial charge on any atom is -0.480 e. The van der Waals surface area contributed by atoms with Crippen molar-refractivity contribution in [3.05, 3.63) is 87.9 Å². The monoisotopic (exact) mass is 674 g/mol. The maximum atomic E-state index is 13.8. The molecule has 1 aromatic carbocycles. The summed E-state index contributed by atoms with van der Waals surface area (Å²) in [6.07, 6.45) is 1.57. The number of hydrogen-bond acceptors (Lipinski definition) is 8. The Bertz CT molecular complexity index is 1580. The van der Waals surface area contributed by atoms with Crippen molar-refractivity contribution in [2.45, 2.75) is 70.5 Å². The van der Waals surface area contributed by atoms with Crippen LogP contribution in [0.4, 0.5) is 4.79 Å². The van der Waals surface area contributed by atoms with Crippen molar-refractivity contribution in [2.75, 3.05) is 6.54 Å². The Labute approximate surface area is 260 Å².